The number of carbonyl (C=O) groups excluding carboxylic acids is 2. The molecule has 0 aromatic heterocycles. The van der Waals surface area contributed by atoms with Crippen molar-refractivity contribution in [1.82, 2.24) is 5.32 Å². The Morgan fingerprint density at radius 1 is 1.35 bits per heavy atom. The first-order valence-electron chi connectivity index (χ1n) is 5.78. The van der Waals surface area contributed by atoms with Crippen LogP contribution >= 0.6 is 12.4 Å². The van der Waals surface area contributed by atoms with Gasteiger partial charge in [0.1, 0.15) is 11.3 Å². The monoisotopic (exact) mass is 302 g/mol. The smallest absolute Gasteiger partial charge is 0.341 e. The van der Waals surface area contributed by atoms with Gasteiger partial charge in [-0.05, 0) is 24.6 Å². The summed E-state index contributed by atoms with van der Waals surface area (Å²) in [7, 11) is 2.77. The van der Waals surface area contributed by atoms with Gasteiger partial charge in [0, 0.05) is 6.54 Å². The van der Waals surface area contributed by atoms with Crippen molar-refractivity contribution in [2.24, 2.45) is 5.73 Å². The molecule has 0 aliphatic carbocycles. The first-order valence-corrected chi connectivity index (χ1v) is 5.78. The molecule has 0 aliphatic heterocycles. The van der Waals surface area contributed by atoms with Crippen molar-refractivity contribution >= 4 is 24.3 Å². The normalized spacial score (nSPS) is 11.0. The van der Waals surface area contributed by atoms with Gasteiger partial charge in [-0.25, -0.2) is 4.79 Å². The lowest BCUT2D eigenvalue weighted by Crippen LogP contribution is -2.37. The third-order valence-electron chi connectivity index (χ3n) is 2.55. The lowest BCUT2D eigenvalue weighted by atomic mass is 10.1. The fraction of sp³-hybridized carbons (Fsp3) is 0.385. The van der Waals surface area contributed by atoms with Crippen molar-refractivity contribution in [1.29, 1.82) is 0 Å². The Bertz CT molecular complexity index is 477. The molecule has 3 N–H and O–H groups in total. The number of nitrogens with one attached hydrogen (secondary N) is 1. The summed E-state index contributed by atoms with van der Waals surface area (Å²) in [6.07, 6.45) is 0. The molecule has 20 heavy (non-hydrogen) atoms. The molecule has 0 saturated carbocycles. The molecule has 0 saturated heterocycles. The van der Waals surface area contributed by atoms with E-state index in [-0.39, 0.29) is 24.9 Å². The van der Waals surface area contributed by atoms with Crippen molar-refractivity contribution < 1.29 is 19.1 Å². The Labute approximate surface area is 124 Å². The second-order valence-electron chi connectivity index (χ2n) is 4.03. The van der Waals surface area contributed by atoms with Gasteiger partial charge in [-0.1, -0.05) is 6.07 Å². The van der Waals surface area contributed by atoms with Crippen LogP contribution in [0.5, 0.6) is 5.75 Å². The summed E-state index contributed by atoms with van der Waals surface area (Å²) in [4.78, 5) is 22.9. The van der Waals surface area contributed by atoms with Crippen molar-refractivity contribution in [3.63, 3.8) is 0 Å². The molecule has 0 fully saturated rings. The highest BCUT2D eigenvalue weighted by Gasteiger charge is 2.14. The van der Waals surface area contributed by atoms with Crippen LogP contribution in [0.4, 0.5) is 0 Å². The molecule has 0 heterocycles. The molecular formula is C13H19ClN2O4. The van der Waals surface area contributed by atoms with Crippen LogP contribution in [0.2, 0.25) is 0 Å². The Hall–Kier alpha value is -1.79. The Morgan fingerprint density at radius 3 is 2.50 bits per heavy atom. The Balaban J connectivity index is 0.00000361. The quantitative estimate of drug-likeness (QED) is 0.788. The van der Waals surface area contributed by atoms with Crippen LogP contribution in [0.15, 0.2) is 18.2 Å². The molecular weight excluding hydrogens is 284 g/mol. The summed E-state index contributed by atoms with van der Waals surface area (Å²) in [5.41, 5.74) is 6.52. The lowest BCUT2D eigenvalue weighted by molar-refractivity contribution is -0.122. The number of methoxy groups -OCH3 is 2. The molecule has 112 valence electrons. The molecule has 0 radical (unpaired) electrons. The van der Waals surface area contributed by atoms with Gasteiger partial charge in [0.15, 0.2) is 0 Å². The average Bonchev–Trinajstić information content (AvgIpc) is 2.43. The summed E-state index contributed by atoms with van der Waals surface area (Å²) in [6.45, 7) is 1.89. The van der Waals surface area contributed by atoms with Gasteiger partial charge in [-0.3, -0.25) is 4.79 Å². The standard InChI is InChI=1S/C13H18N2O4.ClH/c1-8(14)12(16)15-7-9-4-5-11(18-2)10(6-9)13(17)19-3;/h4-6,8H,7,14H2,1-3H3,(H,15,16);1H/t8-;/m1./s1. The van der Waals surface area contributed by atoms with E-state index in [1.807, 2.05) is 0 Å². The van der Waals surface area contributed by atoms with Gasteiger partial charge in [0.25, 0.3) is 0 Å². The van der Waals surface area contributed by atoms with Gasteiger partial charge < -0.3 is 20.5 Å². The van der Waals surface area contributed by atoms with E-state index in [2.05, 4.69) is 10.1 Å². The van der Waals surface area contributed by atoms with E-state index in [1.165, 1.54) is 14.2 Å². The fourth-order valence-corrected chi connectivity index (χ4v) is 1.48. The van der Waals surface area contributed by atoms with Crippen molar-refractivity contribution in [3.8, 4) is 5.75 Å². The van der Waals surface area contributed by atoms with E-state index < -0.39 is 12.0 Å². The predicted molar refractivity (Wildman–Crippen MR) is 77.1 cm³/mol. The lowest BCUT2D eigenvalue weighted by Gasteiger charge is -2.11. The number of carbonyl (C=O) groups is 2. The third kappa shape index (κ3) is 4.71. The zero-order chi connectivity index (χ0) is 14.4. The van der Waals surface area contributed by atoms with Gasteiger partial charge in [0.05, 0.1) is 20.3 Å². The van der Waals surface area contributed by atoms with Crippen molar-refractivity contribution in [2.45, 2.75) is 19.5 Å². The molecule has 0 aliphatic rings. The topological polar surface area (TPSA) is 90.7 Å². The number of hydrogen-bond acceptors (Lipinski definition) is 5. The van der Waals surface area contributed by atoms with Crippen LogP contribution in [0.3, 0.4) is 0 Å². The summed E-state index contributed by atoms with van der Waals surface area (Å²) in [5, 5.41) is 2.66. The van der Waals surface area contributed by atoms with E-state index in [0.29, 0.717) is 11.3 Å². The third-order valence-corrected chi connectivity index (χ3v) is 2.55. The summed E-state index contributed by atoms with van der Waals surface area (Å²) in [5.74, 6) is -0.318. The van der Waals surface area contributed by atoms with Gasteiger partial charge >= 0.3 is 5.97 Å². The van der Waals surface area contributed by atoms with E-state index in [9.17, 15) is 9.59 Å². The molecule has 1 amide bonds. The number of hydrogen-bond donors (Lipinski definition) is 2. The average molecular weight is 303 g/mol. The Kier molecular flexibility index (Phi) is 7.64. The highest BCUT2D eigenvalue weighted by atomic mass is 35.5. The number of benzene rings is 1. The maximum absolute atomic E-state index is 11.6. The second-order valence-corrected chi connectivity index (χ2v) is 4.03. The molecule has 0 bridgehead atoms. The minimum atomic E-state index is -0.571. The Morgan fingerprint density at radius 2 is 2.00 bits per heavy atom. The number of rotatable bonds is 5. The fourth-order valence-electron chi connectivity index (χ4n) is 1.48. The zero-order valence-corrected chi connectivity index (χ0v) is 12.5. The zero-order valence-electron chi connectivity index (χ0n) is 11.6. The molecule has 0 spiro atoms. The predicted octanol–water partition coefficient (Wildman–Crippen LogP) is 0.867. The van der Waals surface area contributed by atoms with Gasteiger partial charge in [-0.2, -0.15) is 0 Å². The largest absolute Gasteiger partial charge is 0.496 e. The maximum Gasteiger partial charge on any atom is 0.341 e. The van der Waals surface area contributed by atoms with Crippen molar-refractivity contribution in [2.75, 3.05) is 14.2 Å². The summed E-state index contributed by atoms with van der Waals surface area (Å²) < 4.78 is 9.75. The molecule has 0 unspecified atom stereocenters. The number of ether oxygens (including phenoxy) is 2. The van der Waals surface area contributed by atoms with E-state index >= 15 is 0 Å². The van der Waals surface area contributed by atoms with Crippen LogP contribution in [0.25, 0.3) is 0 Å². The van der Waals surface area contributed by atoms with Crippen LogP contribution < -0.4 is 15.8 Å². The molecule has 1 atom stereocenters. The number of amides is 1. The van der Waals surface area contributed by atoms with Gasteiger partial charge in [-0.15, -0.1) is 12.4 Å². The number of esters is 1. The molecule has 1 aromatic rings. The van der Waals surface area contributed by atoms with E-state index in [1.54, 1.807) is 25.1 Å². The molecule has 6 nitrogen and oxygen atoms in total. The first kappa shape index (κ1) is 18.2. The summed E-state index contributed by atoms with van der Waals surface area (Å²) >= 11 is 0. The van der Waals surface area contributed by atoms with Crippen molar-refractivity contribution in [3.05, 3.63) is 29.3 Å². The first-order chi connectivity index (χ1) is 8.99. The number of nitrogens with two attached hydrogens (primary N) is 1. The van der Waals surface area contributed by atoms with Crippen LogP contribution in [0, 0.1) is 0 Å². The molecule has 7 heteroatoms. The highest BCUT2D eigenvalue weighted by Crippen LogP contribution is 2.20. The minimum absolute atomic E-state index is 0. The van der Waals surface area contributed by atoms with Crippen LogP contribution in [-0.4, -0.2) is 32.1 Å². The number of halogens is 1. The minimum Gasteiger partial charge on any atom is -0.496 e. The second kappa shape index (κ2) is 8.39. The molecule has 1 aromatic carbocycles. The van der Waals surface area contributed by atoms with E-state index in [4.69, 9.17) is 10.5 Å². The van der Waals surface area contributed by atoms with Gasteiger partial charge in [0.2, 0.25) is 5.91 Å². The SMILES string of the molecule is COC(=O)c1cc(CNC(=O)[C@@H](C)N)ccc1OC.Cl. The summed E-state index contributed by atoms with van der Waals surface area (Å²) in [6, 6.07) is 4.46. The van der Waals surface area contributed by atoms with E-state index in [0.717, 1.165) is 5.56 Å². The molecule has 1 rings (SSSR count). The highest BCUT2D eigenvalue weighted by molar-refractivity contribution is 5.92. The maximum atomic E-state index is 11.6. The van der Waals surface area contributed by atoms with Crippen LogP contribution in [-0.2, 0) is 16.1 Å². The van der Waals surface area contributed by atoms with Crippen LogP contribution in [0.1, 0.15) is 22.8 Å².